The molecule has 0 spiro atoms. The second-order valence-corrected chi connectivity index (χ2v) is 20.4. The maximum Gasteiger partial charge on any atom is 0.508 e. The van der Waals surface area contributed by atoms with Crippen molar-refractivity contribution in [2.75, 3.05) is 27.2 Å². The molecule has 0 rings (SSSR count). The number of carbonyl (C=O) groups excluding carboxylic acids is 1. The predicted molar refractivity (Wildman–Crippen MR) is 204 cm³/mol. The molecule has 2 atom stereocenters. The maximum absolute atomic E-state index is 12.4. The third-order valence-electron chi connectivity index (χ3n) is 9.72. The van der Waals surface area contributed by atoms with E-state index in [0.717, 1.165) is 51.5 Å². The molecule has 0 N–H and O–H groups in total. The van der Waals surface area contributed by atoms with Crippen molar-refractivity contribution in [3.05, 3.63) is 12.2 Å². The molecule has 2 unspecified atom stereocenters. The van der Waals surface area contributed by atoms with Crippen LogP contribution < -0.4 is 0 Å². The van der Waals surface area contributed by atoms with Crippen LogP contribution in [0.25, 0.3) is 0 Å². The lowest BCUT2D eigenvalue weighted by molar-refractivity contribution is 0.0150. The Bertz CT molecular complexity index is 719. The largest absolute Gasteiger partial charge is 0.508 e. The summed E-state index contributed by atoms with van der Waals surface area (Å²) in [6.07, 6.45) is 32.5. The van der Waals surface area contributed by atoms with Crippen molar-refractivity contribution in [3.8, 4) is 0 Å². The van der Waals surface area contributed by atoms with Crippen LogP contribution in [0.3, 0.4) is 0 Å². The average Bonchev–Trinajstić information content (AvgIpc) is 2.98. The monoisotopic (exact) mass is 668 g/mol. The molecule has 5 nitrogen and oxygen atoms in total. The van der Waals surface area contributed by atoms with Crippen LogP contribution in [-0.2, 0) is 13.9 Å². The predicted octanol–water partition coefficient (Wildman–Crippen LogP) is 13.0. The fraction of sp³-hybridized carbons (Fsp3) is 0.925. The van der Waals surface area contributed by atoms with Crippen molar-refractivity contribution < 1.29 is 18.7 Å². The van der Waals surface area contributed by atoms with Gasteiger partial charge in [0.05, 0.1) is 6.61 Å². The third-order valence-corrected chi connectivity index (χ3v) is 14.3. The number of unbranched alkanes of at least 4 members (excludes halogenated alkanes) is 15. The first-order valence-corrected chi connectivity index (χ1v) is 22.6. The van der Waals surface area contributed by atoms with E-state index in [-0.39, 0.29) is 11.1 Å². The van der Waals surface area contributed by atoms with Crippen LogP contribution >= 0.6 is 0 Å². The Labute approximate surface area is 289 Å². The number of hydrogen-bond donors (Lipinski definition) is 0. The van der Waals surface area contributed by atoms with Gasteiger partial charge >= 0.3 is 6.16 Å². The number of carbonyl (C=O) groups is 1. The standard InChI is InChI=1S/C40H81NO4Si/c1-10-12-14-16-17-20-23-27-31-37(44-39(42)43-36-30-35-41(6)7)32-28-24-21-18-19-22-25-29-34-38(33-26-15-13-11-2)45-46(8,9)40(3,4)5/h25,29,37-38H,10-24,26-28,30-36H2,1-9H3. The number of allylic oxidation sites excluding steroid dienone is 1. The summed E-state index contributed by atoms with van der Waals surface area (Å²) in [5, 5.41) is 0.257. The summed E-state index contributed by atoms with van der Waals surface area (Å²) < 4.78 is 18.0. The highest BCUT2D eigenvalue weighted by molar-refractivity contribution is 6.74. The van der Waals surface area contributed by atoms with Gasteiger partial charge in [-0.2, -0.15) is 0 Å². The van der Waals surface area contributed by atoms with E-state index in [9.17, 15) is 4.79 Å². The van der Waals surface area contributed by atoms with Crippen molar-refractivity contribution in [2.45, 2.75) is 213 Å². The summed E-state index contributed by atoms with van der Waals surface area (Å²) in [5.41, 5.74) is 0. The van der Waals surface area contributed by atoms with Crippen LogP contribution in [-0.4, -0.2) is 58.8 Å². The molecule has 6 heteroatoms. The normalized spacial score (nSPS) is 13.9. The highest BCUT2D eigenvalue weighted by Crippen LogP contribution is 2.38. The van der Waals surface area contributed by atoms with E-state index in [4.69, 9.17) is 13.9 Å². The van der Waals surface area contributed by atoms with Gasteiger partial charge in [-0.05, 0) is 90.0 Å². The van der Waals surface area contributed by atoms with Gasteiger partial charge in [0.2, 0.25) is 0 Å². The van der Waals surface area contributed by atoms with Crippen LogP contribution in [0.4, 0.5) is 4.79 Å². The molecule has 0 amide bonds. The molecular weight excluding hydrogens is 587 g/mol. The summed E-state index contributed by atoms with van der Waals surface area (Å²) in [6, 6.07) is 0. The lowest BCUT2D eigenvalue weighted by Crippen LogP contribution is -2.43. The van der Waals surface area contributed by atoms with Gasteiger partial charge < -0.3 is 18.8 Å². The molecule has 0 saturated carbocycles. The first kappa shape index (κ1) is 45.1. The molecule has 0 aliphatic rings. The highest BCUT2D eigenvalue weighted by atomic mass is 28.4. The molecule has 0 radical (unpaired) electrons. The second kappa shape index (κ2) is 29.1. The molecule has 46 heavy (non-hydrogen) atoms. The van der Waals surface area contributed by atoms with E-state index in [1.807, 2.05) is 14.1 Å². The van der Waals surface area contributed by atoms with E-state index < -0.39 is 14.5 Å². The van der Waals surface area contributed by atoms with Gasteiger partial charge in [0.15, 0.2) is 8.32 Å². The van der Waals surface area contributed by atoms with Crippen molar-refractivity contribution in [1.82, 2.24) is 4.90 Å². The van der Waals surface area contributed by atoms with Crippen LogP contribution in [0, 0.1) is 0 Å². The van der Waals surface area contributed by atoms with Gasteiger partial charge in [-0.3, -0.25) is 0 Å². The highest BCUT2D eigenvalue weighted by Gasteiger charge is 2.38. The van der Waals surface area contributed by atoms with Crippen LogP contribution in [0.5, 0.6) is 0 Å². The van der Waals surface area contributed by atoms with E-state index in [0.29, 0.717) is 12.7 Å². The quantitative estimate of drug-likeness (QED) is 0.0319. The van der Waals surface area contributed by atoms with E-state index in [2.05, 4.69) is 64.8 Å². The van der Waals surface area contributed by atoms with E-state index >= 15 is 0 Å². The van der Waals surface area contributed by atoms with Crippen molar-refractivity contribution in [3.63, 3.8) is 0 Å². The van der Waals surface area contributed by atoms with Gasteiger partial charge in [-0.1, -0.05) is 137 Å². The number of rotatable bonds is 31. The van der Waals surface area contributed by atoms with Gasteiger partial charge in [0, 0.05) is 12.6 Å². The van der Waals surface area contributed by atoms with Crippen LogP contribution in [0.2, 0.25) is 18.1 Å². The molecule has 0 aromatic heterocycles. The minimum absolute atomic E-state index is 0.00664. The van der Waals surface area contributed by atoms with Gasteiger partial charge in [-0.25, -0.2) is 4.79 Å². The Balaban J connectivity index is 4.43. The minimum Gasteiger partial charge on any atom is -0.434 e. The zero-order valence-corrected chi connectivity index (χ0v) is 33.6. The van der Waals surface area contributed by atoms with Crippen molar-refractivity contribution in [2.24, 2.45) is 0 Å². The topological polar surface area (TPSA) is 48.0 Å². The first-order chi connectivity index (χ1) is 21.9. The molecule has 274 valence electrons. The molecule has 0 aromatic rings. The Hall–Kier alpha value is -0.853. The summed E-state index contributed by atoms with van der Waals surface area (Å²) in [6.45, 7) is 17.7. The summed E-state index contributed by atoms with van der Waals surface area (Å²) in [7, 11) is 2.32. The van der Waals surface area contributed by atoms with Crippen LogP contribution in [0.1, 0.15) is 182 Å². The lowest BCUT2D eigenvalue weighted by atomic mass is 10.0. The Morgan fingerprint density at radius 2 is 1.15 bits per heavy atom. The van der Waals surface area contributed by atoms with Gasteiger partial charge in [0.25, 0.3) is 0 Å². The first-order valence-electron chi connectivity index (χ1n) is 19.7. The number of nitrogens with zero attached hydrogens (tertiary/aromatic N) is 1. The van der Waals surface area contributed by atoms with Crippen LogP contribution in [0.15, 0.2) is 12.2 Å². The number of ether oxygens (including phenoxy) is 2. The zero-order chi connectivity index (χ0) is 34.5. The Morgan fingerprint density at radius 1 is 0.674 bits per heavy atom. The van der Waals surface area contributed by atoms with Gasteiger partial charge in [0.1, 0.15) is 6.10 Å². The van der Waals surface area contributed by atoms with E-state index in [1.165, 1.54) is 103 Å². The maximum atomic E-state index is 12.4. The average molecular weight is 668 g/mol. The molecule has 0 bridgehead atoms. The zero-order valence-electron chi connectivity index (χ0n) is 32.6. The molecular formula is C40H81NO4Si. The molecule has 0 aliphatic heterocycles. The smallest absolute Gasteiger partial charge is 0.434 e. The minimum atomic E-state index is -1.75. The summed E-state index contributed by atoms with van der Waals surface area (Å²) in [5.74, 6) is 0. The number of hydrogen-bond acceptors (Lipinski definition) is 5. The molecule has 0 fully saturated rings. The third kappa shape index (κ3) is 27.1. The molecule has 0 heterocycles. The molecule has 0 saturated heterocycles. The SMILES string of the molecule is CCCCCCCCCCC(CCCCCCCC=CCC(CCCCCC)O[Si](C)(C)C(C)(C)C)OC(=O)OCCCN(C)C. The van der Waals surface area contributed by atoms with Crippen molar-refractivity contribution >= 4 is 14.5 Å². The summed E-state index contributed by atoms with van der Waals surface area (Å²) >= 11 is 0. The molecule has 0 aromatic carbocycles. The Kier molecular flexibility index (Phi) is 28.6. The fourth-order valence-corrected chi connectivity index (χ4v) is 7.02. The van der Waals surface area contributed by atoms with Gasteiger partial charge in [-0.15, -0.1) is 0 Å². The fourth-order valence-electron chi connectivity index (χ4n) is 5.62. The molecule has 0 aliphatic carbocycles. The van der Waals surface area contributed by atoms with E-state index in [1.54, 1.807) is 0 Å². The summed E-state index contributed by atoms with van der Waals surface area (Å²) in [4.78, 5) is 14.5. The lowest BCUT2D eigenvalue weighted by Gasteiger charge is -2.39. The Morgan fingerprint density at radius 3 is 1.67 bits per heavy atom. The second-order valence-electron chi connectivity index (χ2n) is 15.7. The van der Waals surface area contributed by atoms with Crippen molar-refractivity contribution in [1.29, 1.82) is 0 Å².